The van der Waals surface area contributed by atoms with Crippen LogP contribution in [0.25, 0.3) is 10.2 Å². The Balaban J connectivity index is 0.000000526. The summed E-state index contributed by atoms with van der Waals surface area (Å²) in [4.78, 5) is 18.0. The molecular formula is C16H26N2O2S6. The molecule has 0 amide bonds. The Labute approximate surface area is 183 Å². The molecule has 0 spiro atoms. The van der Waals surface area contributed by atoms with Crippen LogP contribution in [-0.2, 0) is 0 Å². The quantitative estimate of drug-likeness (QED) is 0.318. The lowest BCUT2D eigenvalue weighted by molar-refractivity contribution is 0.318. The molecule has 0 bridgehead atoms. The van der Waals surface area contributed by atoms with Crippen LogP contribution >= 0.6 is 71.5 Å². The number of H-pyrrole nitrogens is 1. The second kappa shape index (κ2) is 14.2. The van der Waals surface area contributed by atoms with Gasteiger partial charge in [0.15, 0.2) is 3.95 Å². The first-order valence-electron chi connectivity index (χ1n) is 8.15. The third kappa shape index (κ3) is 8.92. The van der Waals surface area contributed by atoms with E-state index in [-0.39, 0.29) is 11.3 Å². The Morgan fingerprint density at radius 2 is 1.73 bits per heavy atom. The van der Waals surface area contributed by atoms with Crippen molar-refractivity contribution in [1.29, 1.82) is 0 Å². The smallest absolute Gasteiger partial charge is 0.245 e. The van der Waals surface area contributed by atoms with Crippen molar-refractivity contribution in [2.24, 2.45) is 0 Å². The molecule has 0 aliphatic carbocycles. The molecule has 26 heavy (non-hydrogen) atoms. The Hall–Kier alpha value is 0.190. The van der Waals surface area contributed by atoms with Crippen LogP contribution in [0.1, 0.15) is 33.3 Å². The van der Waals surface area contributed by atoms with Crippen molar-refractivity contribution >= 4 is 85.2 Å². The molecule has 0 saturated heterocycles. The van der Waals surface area contributed by atoms with Crippen molar-refractivity contribution in [2.75, 3.05) is 26.2 Å². The second-order valence-corrected chi connectivity index (χ2v) is 10.5. The first kappa shape index (κ1) is 26.2. The normalized spacial score (nSPS) is 10.2. The zero-order valence-electron chi connectivity index (χ0n) is 15.6. The average Bonchev–Trinajstić information content (AvgIpc) is 2.85. The molecular weight excluding hydrogens is 445 g/mol. The zero-order chi connectivity index (χ0) is 20.3. The van der Waals surface area contributed by atoms with Crippen molar-refractivity contribution < 1.29 is 5.11 Å². The molecule has 0 radical (unpaired) electrons. The third-order valence-electron chi connectivity index (χ3n) is 3.23. The Morgan fingerprint density at radius 3 is 2.12 bits per heavy atom. The van der Waals surface area contributed by atoms with Gasteiger partial charge in [0, 0.05) is 6.61 Å². The zero-order valence-corrected chi connectivity index (χ0v) is 20.6. The number of thioether (sulfide) groups is 1. The van der Waals surface area contributed by atoms with Crippen molar-refractivity contribution in [1.82, 2.24) is 9.88 Å². The molecule has 0 fully saturated rings. The van der Waals surface area contributed by atoms with E-state index in [0.29, 0.717) is 7.48 Å². The van der Waals surface area contributed by atoms with E-state index < -0.39 is 0 Å². The van der Waals surface area contributed by atoms with Crippen LogP contribution in [0.2, 0.25) is 0 Å². The standard InChI is InChI=1S/C8H5NOS6.C6H15N.C2H6O/c1-2-3-4(9-7(11)15-5(3)10)14-6(2)16-8(12)13;1-4-7(5-2)6-3;1-2-3/h1H3,(H,9,11)(H,12,13);4-6H2,1-3H3;3H,2H2,1H3. The highest BCUT2D eigenvalue weighted by Gasteiger charge is 2.13. The third-order valence-corrected chi connectivity index (χ3v) is 6.95. The van der Waals surface area contributed by atoms with E-state index in [9.17, 15) is 4.79 Å². The molecule has 2 heterocycles. The largest absolute Gasteiger partial charge is 0.397 e. The summed E-state index contributed by atoms with van der Waals surface area (Å²) in [6.45, 7) is 14.0. The summed E-state index contributed by atoms with van der Waals surface area (Å²) in [7, 11) is 0. The Morgan fingerprint density at radius 1 is 1.23 bits per heavy atom. The highest BCUT2D eigenvalue weighted by atomic mass is 32.2. The second-order valence-electron chi connectivity index (χ2n) is 4.82. The number of aliphatic hydroxyl groups excluding tert-OH is 1. The summed E-state index contributed by atoms with van der Waals surface area (Å²) in [5, 5.41) is 8.29. The first-order valence-corrected chi connectivity index (χ1v) is 11.9. The van der Waals surface area contributed by atoms with E-state index in [4.69, 9.17) is 29.5 Å². The van der Waals surface area contributed by atoms with Crippen LogP contribution < -0.4 is 4.74 Å². The van der Waals surface area contributed by atoms with Gasteiger partial charge in [-0.15, -0.1) is 24.0 Å². The fraction of sp³-hybridized carbons (Fsp3) is 0.562. The predicted molar refractivity (Wildman–Crippen MR) is 130 cm³/mol. The van der Waals surface area contributed by atoms with Crippen molar-refractivity contribution in [2.45, 2.75) is 38.8 Å². The molecule has 2 N–H and O–H groups in total. The minimum absolute atomic E-state index is 0.00410. The molecule has 2 aromatic heterocycles. The molecule has 0 unspecified atom stereocenters. The molecule has 4 nitrogen and oxygen atoms in total. The van der Waals surface area contributed by atoms with E-state index in [1.165, 1.54) is 42.7 Å². The number of nitrogens with zero attached hydrogens (tertiary/aromatic N) is 1. The Bertz CT molecular complexity index is 787. The van der Waals surface area contributed by atoms with Gasteiger partial charge in [0.25, 0.3) is 0 Å². The van der Waals surface area contributed by atoms with Crippen LogP contribution in [-0.4, -0.2) is 44.8 Å². The van der Waals surface area contributed by atoms with Gasteiger partial charge in [-0.1, -0.05) is 56.1 Å². The van der Waals surface area contributed by atoms with E-state index in [1.807, 2.05) is 6.92 Å². The number of aryl methyl sites for hydroxylation is 1. The lowest BCUT2D eigenvalue weighted by Crippen LogP contribution is -2.21. The van der Waals surface area contributed by atoms with Gasteiger partial charge in [-0.2, -0.15) is 0 Å². The first-order chi connectivity index (χ1) is 12.2. The molecule has 0 saturated carbocycles. The fourth-order valence-corrected chi connectivity index (χ4v) is 6.02. The maximum Gasteiger partial charge on any atom is 0.245 e. The number of thiocarbonyl (C=S) groups is 1. The molecule has 2 aromatic rings. The number of nitrogens with one attached hydrogen (secondary N) is 1. The summed E-state index contributed by atoms with van der Waals surface area (Å²) in [6, 6.07) is 0. The SMILES string of the molecule is CCN(CC)CC.CCO.Cc1c(SC(=S)S)sc2[nH]c(=S)sc(=O)c12. The maximum atomic E-state index is 11.8. The van der Waals surface area contributed by atoms with Crippen LogP contribution in [0.4, 0.5) is 0 Å². The van der Waals surface area contributed by atoms with Gasteiger partial charge in [0.05, 0.1) is 9.60 Å². The van der Waals surface area contributed by atoms with Crippen molar-refractivity contribution in [3.63, 3.8) is 0 Å². The minimum atomic E-state index is 0.00410. The van der Waals surface area contributed by atoms with Crippen LogP contribution in [0.3, 0.4) is 0 Å². The number of aromatic amines is 1. The number of rotatable bonds is 4. The predicted octanol–water partition coefficient (Wildman–Crippen LogP) is 5.34. The summed E-state index contributed by atoms with van der Waals surface area (Å²) >= 11 is 17.9. The summed E-state index contributed by atoms with van der Waals surface area (Å²) < 4.78 is 2.05. The molecule has 148 valence electrons. The molecule has 2 rings (SSSR count). The lowest BCUT2D eigenvalue weighted by atomic mass is 10.3. The van der Waals surface area contributed by atoms with Crippen LogP contribution in [0.5, 0.6) is 0 Å². The number of aromatic nitrogens is 1. The number of fused-ring (bicyclic) bond motifs is 1. The van der Waals surface area contributed by atoms with E-state index in [1.54, 1.807) is 6.92 Å². The van der Waals surface area contributed by atoms with Crippen molar-refractivity contribution in [3.05, 3.63) is 19.1 Å². The Kier molecular flexibility index (Phi) is 14.3. The van der Waals surface area contributed by atoms with Crippen molar-refractivity contribution in [3.8, 4) is 0 Å². The van der Waals surface area contributed by atoms with E-state index in [2.05, 4.69) is 43.3 Å². The van der Waals surface area contributed by atoms with Gasteiger partial charge in [-0.3, -0.25) is 4.79 Å². The summed E-state index contributed by atoms with van der Waals surface area (Å²) in [5.74, 6) is 0. The number of thiophene rings is 1. The molecule has 0 aliphatic rings. The molecule has 0 aromatic carbocycles. The maximum absolute atomic E-state index is 11.8. The van der Waals surface area contributed by atoms with Crippen LogP contribution in [0.15, 0.2) is 9.00 Å². The van der Waals surface area contributed by atoms with Crippen LogP contribution in [0, 0.1) is 10.9 Å². The topological polar surface area (TPSA) is 56.3 Å². The van der Waals surface area contributed by atoms with Gasteiger partial charge in [-0.05, 0) is 51.3 Å². The van der Waals surface area contributed by atoms with Gasteiger partial charge in [0.2, 0.25) is 4.74 Å². The monoisotopic (exact) mass is 470 g/mol. The number of thiol groups is 1. The summed E-state index contributed by atoms with van der Waals surface area (Å²) in [6.07, 6.45) is 0. The number of hydrogen-bond donors (Lipinski definition) is 3. The number of hydrogen-bond acceptors (Lipinski definition) is 8. The highest BCUT2D eigenvalue weighted by Crippen LogP contribution is 2.36. The molecule has 10 heteroatoms. The van der Waals surface area contributed by atoms with Gasteiger partial charge in [-0.25, -0.2) is 0 Å². The number of aliphatic hydroxyl groups is 1. The van der Waals surface area contributed by atoms with E-state index in [0.717, 1.165) is 31.3 Å². The fourth-order valence-electron chi connectivity index (χ4n) is 1.93. The van der Waals surface area contributed by atoms with Gasteiger partial charge >= 0.3 is 0 Å². The average molecular weight is 471 g/mol. The highest BCUT2D eigenvalue weighted by molar-refractivity contribution is 8.42. The molecule has 0 aliphatic heterocycles. The lowest BCUT2D eigenvalue weighted by Gasteiger charge is -2.13. The van der Waals surface area contributed by atoms with Gasteiger partial charge in [0.1, 0.15) is 8.36 Å². The molecule has 0 atom stereocenters. The summed E-state index contributed by atoms with van der Waals surface area (Å²) in [5.41, 5.74) is 0.953. The minimum Gasteiger partial charge on any atom is -0.397 e. The van der Waals surface area contributed by atoms with Gasteiger partial charge < -0.3 is 15.0 Å². The van der Waals surface area contributed by atoms with E-state index >= 15 is 0 Å².